The van der Waals surface area contributed by atoms with Crippen LogP contribution >= 0.6 is 0 Å². The van der Waals surface area contributed by atoms with E-state index in [0.717, 1.165) is 24.1 Å². The smallest absolute Gasteiger partial charge is 0.272 e. The van der Waals surface area contributed by atoms with Crippen LogP contribution in [0.2, 0.25) is 0 Å². The molecule has 1 aromatic rings. The Kier molecular flexibility index (Phi) is 4.70. The largest absolute Gasteiger partial charge is 0.396 e. The Hall–Kier alpha value is -1.44. The quantitative estimate of drug-likeness (QED) is 0.766. The number of aliphatic hydroxyl groups is 1. The number of hydrogen-bond donors (Lipinski definition) is 3. The number of H-pyrrole nitrogens is 1. The number of hydrogen-bond acceptors (Lipinski definition) is 5. The zero-order valence-electron chi connectivity index (χ0n) is 13.7. The summed E-state index contributed by atoms with van der Waals surface area (Å²) in [7, 11) is 0. The molecule has 0 radical (unpaired) electrons. The Morgan fingerprint density at radius 1 is 1.43 bits per heavy atom. The number of ether oxygens (including phenoxy) is 2. The van der Waals surface area contributed by atoms with Gasteiger partial charge in [-0.05, 0) is 26.7 Å². The Morgan fingerprint density at radius 3 is 2.87 bits per heavy atom. The summed E-state index contributed by atoms with van der Waals surface area (Å²) in [5, 5.41) is 19.8. The van der Waals surface area contributed by atoms with Crippen molar-refractivity contribution in [3.05, 3.63) is 17.0 Å². The highest BCUT2D eigenvalue weighted by Gasteiger charge is 2.34. The second-order valence-corrected chi connectivity index (χ2v) is 6.71. The topological polar surface area (TPSA) is 96.5 Å². The van der Waals surface area contributed by atoms with Crippen molar-refractivity contribution in [2.45, 2.75) is 45.3 Å². The van der Waals surface area contributed by atoms with Crippen LogP contribution in [0.4, 0.5) is 0 Å². The zero-order chi connectivity index (χ0) is 16.4. The molecule has 2 aliphatic heterocycles. The predicted molar refractivity (Wildman–Crippen MR) is 83.2 cm³/mol. The molecular weight excluding hydrogens is 298 g/mol. The summed E-state index contributed by atoms with van der Waals surface area (Å²) in [6.07, 6.45) is 2.18. The third-order valence-corrected chi connectivity index (χ3v) is 4.96. The minimum Gasteiger partial charge on any atom is -0.396 e. The number of aliphatic hydroxyl groups excluding tert-OH is 1. The Morgan fingerprint density at radius 2 is 2.17 bits per heavy atom. The van der Waals surface area contributed by atoms with Crippen molar-refractivity contribution in [2.24, 2.45) is 5.41 Å². The molecule has 0 bridgehead atoms. The third kappa shape index (κ3) is 3.27. The van der Waals surface area contributed by atoms with Gasteiger partial charge in [-0.25, -0.2) is 0 Å². The minimum atomic E-state index is -0.284. The van der Waals surface area contributed by atoms with E-state index in [1.54, 1.807) is 0 Å². The van der Waals surface area contributed by atoms with E-state index < -0.39 is 0 Å². The molecule has 7 heteroatoms. The van der Waals surface area contributed by atoms with Gasteiger partial charge in [-0.3, -0.25) is 9.89 Å². The van der Waals surface area contributed by atoms with E-state index in [0.29, 0.717) is 31.9 Å². The summed E-state index contributed by atoms with van der Waals surface area (Å²) in [6, 6.07) is 0. The number of nitrogens with one attached hydrogen (secondary N) is 2. The lowest BCUT2D eigenvalue weighted by molar-refractivity contribution is -0.0147. The average molecular weight is 323 g/mol. The SMILES string of the molecule is C[C@@H]1Cc2c(C(=O)NCC3(CO)CCOCC3)n[nH]c2[C@H](C)O1. The molecule has 23 heavy (non-hydrogen) atoms. The van der Waals surface area contributed by atoms with Crippen LogP contribution in [0.1, 0.15) is 54.5 Å². The maximum Gasteiger partial charge on any atom is 0.272 e. The fourth-order valence-corrected chi connectivity index (χ4v) is 3.41. The van der Waals surface area contributed by atoms with E-state index >= 15 is 0 Å². The van der Waals surface area contributed by atoms with Crippen molar-refractivity contribution in [3.63, 3.8) is 0 Å². The zero-order valence-corrected chi connectivity index (χ0v) is 13.7. The molecule has 1 amide bonds. The second kappa shape index (κ2) is 6.59. The number of fused-ring (bicyclic) bond motifs is 1. The van der Waals surface area contributed by atoms with E-state index in [4.69, 9.17) is 9.47 Å². The lowest BCUT2D eigenvalue weighted by Gasteiger charge is -2.35. The standard InChI is InChI=1S/C16H25N3O4/c1-10-7-12-13(11(2)23-10)18-19-14(12)15(21)17-8-16(9-20)3-5-22-6-4-16/h10-11,20H,3-9H2,1-2H3,(H,17,21)(H,18,19)/t10-,11+/m1/s1. The fourth-order valence-electron chi connectivity index (χ4n) is 3.41. The van der Waals surface area contributed by atoms with Crippen LogP contribution in [0, 0.1) is 5.41 Å². The maximum absolute atomic E-state index is 12.5. The molecule has 0 spiro atoms. The first-order valence-corrected chi connectivity index (χ1v) is 8.24. The first-order valence-electron chi connectivity index (χ1n) is 8.24. The summed E-state index contributed by atoms with van der Waals surface area (Å²) < 4.78 is 11.1. The number of carbonyl (C=O) groups is 1. The van der Waals surface area contributed by atoms with Gasteiger partial charge in [0.25, 0.3) is 5.91 Å². The van der Waals surface area contributed by atoms with Crippen molar-refractivity contribution < 1.29 is 19.4 Å². The van der Waals surface area contributed by atoms with Gasteiger partial charge in [0.2, 0.25) is 0 Å². The molecule has 1 saturated heterocycles. The summed E-state index contributed by atoms with van der Waals surface area (Å²) in [5.41, 5.74) is 1.99. The number of aromatic amines is 1. The van der Waals surface area contributed by atoms with Crippen LogP contribution in [-0.2, 0) is 15.9 Å². The molecule has 0 aromatic carbocycles. The van der Waals surface area contributed by atoms with Gasteiger partial charge in [-0.2, -0.15) is 5.10 Å². The lowest BCUT2D eigenvalue weighted by Crippen LogP contribution is -2.44. The summed E-state index contributed by atoms with van der Waals surface area (Å²) in [6.45, 7) is 5.70. The lowest BCUT2D eigenvalue weighted by atomic mass is 9.81. The summed E-state index contributed by atoms with van der Waals surface area (Å²) in [5.74, 6) is -0.192. The van der Waals surface area contributed by atoms with Gasteiger partial charge in [-0.15, -0.1) is 0 Å². The number of amides is 1. The van der Waals surface area contributed by atoms with Crippen LogP contribution in [0.3, 0.4) is 0 Å². The van der Waals surface area contributed by atoms with Gasteiger partial charge in [0.1, 0.15) is 0 Å². The molecule has 128 valence electrons. The van der Waals surface area contributed by atoms with Gasteiger partial charge in [0.15, 0.2) is 5.69 Å². The molecular formula is C16H25N3O4. The van der Waals surface area contributed by atoms with Crippen LogP contribution in [0.15, 0.2) is 0 Å². The third-order valence-electron chi connectivity index (χ3n) is 4.96. The molecule has 0 unspecified atom stereocenters. The van der Waals surface area contributed by atoms with Gasteiger partial charge in [-0.1, -0.05) is 0 Å². The first-order chi connectivity index (χ1) is 11.0. The highest BCUT2D eigenvalue weighted by molar-refractivity contribution is 5.94. The molecule has 2 aliphatic rings. The Bertz CT molecular complexity index is 566. The molecule has 7 nitrogen and oxygen atoms in total. The van der Waals surface area contributed by atoms with E-state index in [-0.39, 0.29) is 30.1 Å². The number of aromatic nitrogens is 2. The number of nitrogens with zero attached hydrogens (tertiary/aromatic N) is 1. The van der Waals surface area contributed by atoms with Crippen LogP contribution < -0.4 is 5.32 Å². The highest BCUT2D eigenvalue weighted by atomic mass is 16.5. The minimum absolute atomic E-state index is 0.0528. The first kappa shape index (κ1) is 16.4. The molecule has 3 N–H and O–H groups in total. The Balaban J connectivity index is 1.69. The average Bonchev–Trinajstić information content (AvgIpc) is 2.97. The monoisotopic (exact) mass is 323 g/mol. The number of rotatable bonds is 4. The summed E-state index contributed by atoms with van der Waals surface area (Å²) >= 11 is 0. The van der Waals surface area contributed by atoms with Gasteiger partial charge < -0.3 is 19.9 Å². The number of carbonyl (C=O) groups excluding carboxylic acids is 1. The van der Waals surface area contributed by atoms with Gasteiger partial charge in [0, 0.05) is 37.2 Å². The van der Waals surface area contributed by atoms with Crippen molar-refractivity contribution in [2.75, 3.05) is 26.4 Å². The van der Waals surface area contributed by atoms with Gasteiger partial charge in [0.05, 0.1) is 24.5 Å². The van der Waals surface area contributed by atoms with Crippen LogP contribution in [0.5, 0.6) is 0 Å². The molecule has 1 fully saturated rings. The van der Waals surface area contributed by atoms with Crippen molar-refractivity contribution in [1.29, 1.82) is 0 Å². The second-order valence-electron chi connectivity index (χ2n) is 6.71. The highest BCUT2D eigenvalue weighted by Crippen LogP contribution is 2.31. The maximum atomic E-state index is 12.5. The molecule has 3 heterocycles. The summed E-state index contributed by atoms with van der Waals surface area (Å²) in [4.78, 5) is 12.5. The van der Waals surface area contributed by atoms with Crippen molar-refractivity contribution in [3.8, 4) is 0 Å². The fraction of sp³-hybridized carbons (Fsp3) is 0.750. The Labute approximate surface area is 135 Å². The van der Waals surface area contributed by atoms with Crippen molar-refractivity contribution in [1.82, 2.24) is 15.5 Å². The van der Waals surface area contributed by atoms with Crippen LogP contribution in [-0.4, -0.2) is 53.7 Å². The molecule has 3 rings (SSSR count). The van der Waals surface area contributed by atoms with E-state index in [1.165, 1.54) is 0 Å². The van der Waals surface area contributed by atoms with Crippen LogP contribution in [0.25, 0.3) is 0 Å². The van der Waals surface area contributed by atoms with Crippen molar-refractivity contribution >= 4 is 5.91 Å². The van der Waals surface area contributed by atoms with E-state index in [2.05, 4.69) is 15.5 Å². The molecule has 2 atom stereocenters. The van der Waals surface area contributed by atoms with E-state index in [9.17, 15) is 9.90 Å². The van der Waals surface area contributed by atoms with Gasteiger partial charge >= 0.3 is 0 Å². The normalized spacial score (nSPS) is 26.6. The van der Waals surface area contributed by atoms with E-state index in [1.807, 2.05) is 13.8 Å². The molecule has 1 aromatic heterocycles. The predicted octanol–water partition coefficient (Wildman–Crippen LogP) is 0.951. The molecule has 0 aliphatic carbocycles. The molecule has 0 saturated carbocycles.